The van der Waals surface area contributed by atoms with E-state index in [-0.39, 0.29) is 11.7 Å². The molecule has 1 heterocycles. The van der Waals surface area contributed by atoms with Crippen molar-refractivity contribution in [1.82, 2.24) is 0 Å². The molecule has 2 aromatic carbocycles. The maximum absolute atomic E-state index is 13.1. The molecule has 2 aromatic rings. The van der Waals surface area contributed by atoms with Gasteiger partial charge in [-0.25, -0.2) is 4.39 Å². The second-order valence-electron chi connectivity index (χ2n) is 4.77. The Hall–Kier alpha value is -2.01. The molecule has 0 unspecified atom stereocenters. The third-order valence-electron chi connectivity index (χ3n) is 3.46. The molecule has 0 N–H and O–H groups in total. The first kappa shape index (κ1) is 13.9. The lowest BCUT2D eigenvalue weighted by atomic mass is 9.99. The third kappa shape index (κ3) is 2.49. The standard InChI is InChI=1S/C16H11BrFNO2/c17-13-9-10(18)5-6-11(13)16(21)19-8-7-15(20)12-3-1-2-4-14(12)19/h1-6,9H,7-8H2. The minimum Gasteiger partial charge on any atom is -0.307 e. The number of carbonyl (C=O) groups is 2. The highest BCUT2D eigenvalue weighted by molar-refractivity contribution is 9.10. The first-order chi connectivity index (χ1) is 10.1. The van der Waals surface area contributed by atoms with E-state index in [1.165, 1.54) is 18.2 Å². The van der Waals surface area contributed by atoms with Gasteiger partial charge in [-0.2, -0.15) is 0 Å². The highest BCUT2D eigenvalue weighted by atomic mass is 79.9. The summed E-state index contributed by atoms with van der Waals surface area (Å²) in [5.41, 5.74) is 1.53. The molecular weight excluding hydrogens is 337 g/mol. The van der Waals surface area contributed by atoms with Gasteiger partial charge in [-0.05, 0) is 46.3 Å². The summed E-state index contributed by atoms with van der Waals surface area (Å²) in [6, 6.07) is 11.0. The number of fused-ring (bicyclic) bond motifs is 1. The van der Waals surface area contributed by atoms with Gasteiger partial charge in [0.1, 0.15) is 5.82 Å². The van der Waals surface area contributed by atoms with E-state index in [2.05, 4.69) is 15.9 Å². The second kappa shape index (κ2) is 5.41. The van der Waals surface area contributed by atoms with Gasteiger partial charge in [0, 0.05) is 23.0 Å². The van der Waals surface area contributed by atoms with Gasteiger partial charge in [0.05, 0.1) is 11.3 Å². The van der Waals surface area contributed by atoms with Crippen LogP contribution < -0.4 is 4.90 Å². The number of halogens is 2. The van der Waals surface area contributed by atoms with E-state index in [9.17, 15) is 14.0 Å². The van der Waals surface area contributed by atoms with Crippen LogP contribution >= 0.6 is 15.9 Å². The topological polar surface area (TPSA) is 37.4 Å². The molecule has 1 aliphatic heterocycles. The molecule has 3 nitrogen and oxygen atoms in total. The lowest BCUT2D eigenvalue weighted by molar-refractivity contribution is 0.0955. The molecule has 0 aliphatic carbocycles. The van der Waals surface area contributed by atoms with Crippen LogP contribution in [0.1, 0.15) is 27.1 Å². The summed E-state index contributed by atoms with van der Waals surface area (Å²) in [7, 11) is 0. The van der Waals surface area contributed by atoms with Crippen molar-refractivity contribution in [1.29, 1.82) is 0 Å². The van der Waals surface area contributed by atoms with Gasteiger partial charge >= 0.3 is 0 Å². The molecule has 5 heteroatoms. The first-order valence-electron chi connectivity index (χ1n) is 6.47. The van der Waals surface area contributed by atoms with Crippen molar-refractivity contribution in [3.05, 3.63) is 63.9 Å². The minimum atomic E-state index is -0.410. The van der Waals surface area contributed by atoms with Crippen molar-refractivity contribution in [2.24, 2.45) is 0 Å². The maximum Gasteiger partial charge on any atom is 0.259 e. The van der Waals surface area contributed by atoms with Gasteiger partial charge < -0.3 is 4.90 Å². The zero-order chi connectivity index (χ0) is 15.0. The zero-order valence-electron chi connectivity index (χ0n) is 11.0. The van der Waals surface area contributed by atoms with E-state index in [1.807, 2.05) is 0 Å². The Morgan fingerprint density at radius 3 is 2.71 bits per heavy atom. The van der Waals surface area contributed by atoms with E-state index in [1.54, 1.807) is 29.2 Å². The number of nitrogens with zero attached hydrogens (tertiary/aromatic N) is 1. The highest BCUT2D eigenvalue weighted by Crippen LogP contribution is 2.29. The van der Waals surface area contributed by atoms with Crippen LogP contribution in [-0.2, 0) is 0 Å². The number of benzene rings is 2. The van der Waals surface area contributed by atoms with Crippen molar-refractivity contribution in [2.45, 2.75) is 6.42 Å². The van der Waals surface area contributed by atoms with E-state index in [0.717, 1.165) is 0 Å². The van der Waals surface area contributed by atoms with Crippen LogP contribution in [0.15, 0.2) is 46.9 Å². The molecule has 0 atom stereocenters. The summed E-state index contributed by atoms with van der Waals surface area (Å²) in [5, 5.41) is 0. The van der Waals surface area contributed by atoms with Gasteiger partial charge in [-0.1, -0.05) is 12.1 Å². The molecule has 3 rings (SSSR count). The zero-order valence-corrected chi connectivity index (χ0v) is 12.6. The van der Waals surface area contributed by atoms with E-state index < -0.39 is 5.82 Å². The molecule has 21 heavy (non-hydrogen) atoms. The van der Waals surface area contributed by atoms with Crippen molar-refractivity contribution in [3.8, 4) is 0 Å². The number of hydrogen-bond donors (Lipinski definition) is 0. The van der Waals surface area contributed by atoms with Gasteiger partial charge in [0.25, 0.3) is 5.91 Å². The van der Waals surface area contributed by atoms with Crippen LogP contribution in [0.5, 0.6) is 0 Å². The molecule has 0 aromatic heterocycles. The van der Waals surface area contributed by atoms with Crippen molar-refractivity contribution < 1.29 is 14.0 Å². The number of hydrogen-bond acceptors (Lipinski definition) is 2. The first-order valence-corrected chi connectivity index (χ1v) is 7.26. The lowest BCUT2D eigenvalue weighted by Gasteiger charge is -2.29. The monoisotopic (exact) mass is 347 g/mol. The number of ketones is 1. The summed E-state index contributed by atoms with van der Waals surface area (Å²) < 4.78 is 13.5. The fraction of sp³-hybridized carbons (Fsp3) is 0.125. The average molecular weight is 348 g/mol. The predicted molar refractivity (Wildman–Crippen MR) is 81.2 cm³/mol. The van der Waals surface area contributed by atoms with E-state index in [4.69, 9.17) is 0 Å². The smallest absolute Gasteiger partial charge is 0.259 e. The normalized spacial score (nSPS) is 14.0. The van der Waals surface area contributed by atoms with Gasteiger partial charge in [-0.15, -0.1) is 0 Å². The largest absolute Gasteiger partial charge is 0.307 e. The van der Waals surface area contributed by atoms with Crippen LogP contribution in [0, 0.1) is 5.82 Å². The lowest BCUT2D eigenvalue weighted by Crippen LogP contribution is -2.37. The molecule has 0 bridgehead atoms. The van der Waals surface area contributed by atoms with Gasteiger partial charge in [0.15, 0.2) is 5.78 Å². The number of rotatable bonds is 1. The summed E-state index contributed by atoms with van der Waals surface area (Å²) in [6.45, 7) is 0.332. The minimum absolute atomic E-state index is 0.0350. The van der Waals surface area contributed by atoms with Crippen LogP contribution in [0.4, 0.5) is 10.1 Å². The Morgan fingerprint density at radius 1 is 1.19 bits per heavy atom. The van der Waals surface area contributed by atoms with Gasteiger partial charge in [-0.3, -0.25) is 9.59 Å². The summed E-state index contributed by atoms with van der Waals surface area (Å²) >= 11 is 3.21. The number of para-hydroxylation sites is 1. The highest BCUT2D eigenvalue weighted by Gasteiger charge is 2.28. The van der Waals surface area contributed by atoms with Crippen molar-refractivity contribution in [3.63, 3.8) is 0 Å². The van der Waals surface area contributed by atoms with Crippen LogP contribution in [0.25, 0.3) is 0 Å². The Bertz CT molecular complexity index is 745. The van der Waals surface area contributed by atoms with Crippen LogP contribution in [0.3, 0.4) is 0 Å². The molecule has 106 valence electrons. The molecular formula is C16H11BrFNO2. The van der Waals surface area contributed by atoms with Crippen molar-refractivity contribution >= 4 is 33.3 Å². The molecule has 0 saturated heterocycles. The molecule has 0 saturated carbocycles. The Morgan fingerprint density at radius 2 is 1.95 bits per heavy atom. The molecule has 0 radical (unpaired) electrons. The number of Topliss-reactive ketones (excluding diaryl/α,β-unsaturated/α-hetero) is 1. The van der Waals surface area contributed by atoms with Crippen LogP contribution in [0.2, 0.25) is 0 Å². The van der Waals surface area contributed by atoms with E-state index >= 15 is 0 Å². The van der Waals surface area contributed by atoms with Gasteiger partial charge in [0.2, 0.25) is 0 Å². The maximum atomic E-state index is 13.1. The number of anilines is 1. The summed E-state index contributed by atoms with van der Waals surface area (Å²) in [5.74, 6) is -0.623. The average Bonchev–Trinajstić information content (AvgIpc) is 2.47. The molecule has 1 aliphatic rings. The fourth-order valence-electron chi connectivity index (χ4n) is 2.43. The predicted octanol–water partition coefficient (Wildman–Crippen LogP) is 3.82. The quantitative estimate of drug-likeness (QED) is 0.786. The Balaban J connectivity index is 2.03. The molecule has 1 amide bonds. The fourth-order valence-corrected chi connectivity index (χ4v) is 2.95. The number of carbonyl (C=O) groups excluding carboxylic acids is 2. The van der Waals surface area contributed by atoms with Crippen molar-refractivity contribution in [2.75, 3.05) is 11.4 Å². The third-order valence-corrected chi connectivity index (χ3v) is 4.12. The summed E-state index contributed by atoms with van der Waals surface area (Å²) in [6.07, 6.45) is 0.293. The Labute approximate surface area is 129 Å². The Kier molecular flexibility index (Phi) is 3.59. The molecule has 0 fully saturated rings. The molecule has 0 spiro atoms. The van der Waals surface area contributed by atoms with E-state index in [0.29, 0.717) is 34.3 Å². The second-order valence-corrected chi connectivity index (χ2v) is 5.63. The number of amides is 1. The SMILES string of the molecule is O=C1CCN(C(=O)c2ccc(F)cc2Br)c2ccccc21. The summed E-state index contributed by atoms with van der Waals surface area (Å²) in [4.78, 5) is 26.1. The van der Waals surface area contributed by atoms with Crippen LogP contribution in [-0.4, -0.2) is 18.2 Å².